The van der Waals surface area contributed by atoms with E-state index in [4.69, 9.17) is 28.4 Å². The quantitative estimate of drug-likeness (QED) is 0.567. The molecule has 0 atom stereocenters. The molecule has 0 aliphatic carbocycles. The van der Waals surface area contributed by atoms with E-state index in [9.17, 15) is 0 Å². The molecule has 0 saturated heterocycles. The summed E-state index contributed by atoms with van der Waals surface area (Å²) in [4.78, 5) is 0. The number of fused-ring (bicyclic) bond motifs is 2. The zero-order chi connectivity index (χ0) is 21.8. The Kier molecular flexibility index (Phi) is 6.35. The third-order valence-corrected chi connectivity index (χ3v) is 5.60. The van der Waals surface area contributed by atoms with E-state index in [2.05, 4.69) is 0 Å². The van der Waals surface area contributed by atoms with E-state index in [0.29, 0.717) is 37.9 Å². The van der Waals surface area contributed by atoms with Crippen molar-refractivity contribution in [2.75, 3.05) is 26.4 Å². The van der Waals surface area contributed by atoms with Crippen molar-refractivity contribution in [3.8, 4) is 34.5 Å². The van der Waals surface area contributed by atoms with Crippen molar-refractivity contribution in [1.29, 1.82) is 0 Å². The minimum absolute atomic E-state index is 0.566. The molecule has 6 heteroatoms. The maximum Gasteiger partial charge on any atom is 0.251 e. The summed E-state index contributed by atoms with van der Waals surface area (Å²) in [7, 11) is 0. The third-order valence-electron chi connectivity index (χ3n) is 5.60. The predicted molar refractivity (Wildman–Crippen MR) is 118 cm³/mol. The van der Waals surface area contributed by atoms with Gasteiger partial charge < -0.3 is 28.4 Å². The lowest BCUT2D eigenvalue weighted by Crippen LogP contribution is -2.47. The summed E-state index contributed by atoms with van der Waals surface area (Å²) in [6.07, 6.45) is 3.26. The summed E-state index contributed by atoms with van der Waals surface area (Å²) in [5.74, 6) is 3.86. The molecule has 6 nitrogen and oxygen atoms in total. The zero-order valence-electron chi connectivity index (χ0n) is 18.9. The number of ether oxygens (including phenoxy) is 6. The molecule has 0 saturated carbocycles. The van der Waals surface area contributed by atoms with Gasteiger partial charge in [-0.15, -0.1) is 0 Å². The summed E-state index contributed by atoms with van der Waals surface area (Å²) in [5, 5.41) is 0. The summed E-state index contributed by atoms with van der Waals surface area (Å²) < 4.78 is 36.1. The fourth-order valence-corrected chi connectivity index (χ4v) is 4.22. The third kappa shape index (κ3) is 4.34. The van der Waals surface area contributed by atoms with Gasteiger partial charge in [0.25, 0.3) is 5.79 Å². The van der Waals surface area contributed by atoms with Gasteiger partial charge in [0.1, 0.15) is 11.5 Å². The van der Waals surface area contributed by atoms with Gasteiger partial charge in [-0.05, 0) is 63.8 Å². The molecular formula is C25H32O6. The highest BCUT2D eigenvalue weighted by Crippen LogP contribution is 2.47. The van der Waals surface area contributed by atoms with Crippen molar-refractivity contribution in [2.24, 2.45) is 0 Å². The van der Waals surface area contributed by atoms with Crippen molar-refractivity contribution in [2.45, 2.75) is 59.2 Å². The van der Waals surface area contributed by atoms with E-state index in [1.807, 2.05) is 52.0 Å². The van der Waals surface area contributed by atoms with E-state index < -0.39 is 5.79 Å². The number of hydrogen-bond donors (Lipinski definition) is 0. The lowest BCUT2D eigenvalue weighted by molar-refractivity contribution is -0.140. The molecule has 2 aromatic rings. The molecule has 0 bridgehead atoms. The van der Waals surface area contributed by atoms with Crippen molar-refractivity contribution >= 4 is 0 Å². The number of aryl methyl sites for hydroxylation is 2. The van der Waals surface area contributed by atoms with Crippen LogP contribution in [0.3, 0.4) is 0 Å². The van der Waals surface area contributed by atoms with Crippen LogP contribution in [0, 0.1) is 0 Å². The predicted octanol–water partition coefficient (Wildman–Crippen LogP) is 5.33. The first-order valence-electron chi connectivity index (χ1n) is 11.3. The molecule has 2 aliphatic rings. The first-order valence-corrected chi connectivity index (χ1v) is 11.3. The van der Waals surface area contributed by atoms with Crippen LogP contribution in [0.5, 0.6) is 34.5 Å². The highest BCUT2D eigenvalue weighted by molar-refractivity contribution is 5.54. The molecule has 2 aromatic carbocycles. The second-order valence-electron chi connectivity index (χ2n) is 7.66. The van der Waals surface area contributed by atoms with Gasteiger partial charge in [-0.2, -0.15) is 0 Å². The largest absolute Gasteiger partial charge is 0.490 e. The summed E-state index contributed by atoms with van der Waals surface area (Å²) in [6.45, 7) is 10.2. The van der Waals surface area contributed by atoms with Gasteiger partial charge in [-0.25, -0.2) is 0 Å². The zero-order valence-corrected chi connectivity index (χ0v) is 18.9. The van der Waals surface area contributed by atoms with Gasteiger partial charge in [0.2, 0.25) is 0 Å². The van der Waals surface area contributed by atoms with Gasteiger partial charge in [0.05, 0.1) is 26.4 Å². The van der Waals surface area contributed by atoms with Crippen LogP contribution in [-0.4, -0.2) is 32.2 Å². The Hall–Kier alpha value is -2.76. The molecule has 0 amide bonds. The van der Waals surface area contributed by atoms with E-state index in [1.165, 1.54) is 0 Å². The molecule has 0 radical (unpaired) electrons. The maximum absolute atomic E-state index is 6.49. The smallest absolute Gasteiger partial charge is 0.251 e. The standard InChI is InChI=1S/C25H32O6/c1-5-26-21-13-17-9-11-25(30-19(17)15-23(21)28-7-3)12-10-18-14-22(27-6-2)24(29-8-4)16-20(18)31-25/h13-16H,5-12H2,1-4H3. The van der Waals surface area contributed by atoms with Crippen molar-refractivity contribution in [3.63, 3.8) is 0 Å². The molecule has 0 fully saturated rings. The lowest BCUT2D eigenvalue weighted by Gasteiger charge is -2.42. The first kappa shape index (κ1) is 21.5. The minimum Gasteiger partial charge on any atom is -0.490 e. The number of hydrogen-bond acceptors (Lipinski definition) is 6. The first-order chi connectivity index (χ1) is 15.1. The average molecular weight is 429 g/mol. The topological polar surface area (TPSA) is 55.4 Å². The van der Waals surface area contributed by atoms with E-state index in [-0.39, 0.29) is 0 Å². The average Bonchev–Trinajstić information content (AvgIpc) is 2.76. The monoisotopic (exact) mass is 428 g/mol. The molecular weight excluding hydrogens is 396 g/mol. The molecule has 2 aliphatic heterocycles. The molecule has 0 unspecified atom stereocenters. The highest BCUT2D eigenvalue weighted by Gasteiger charge is 2.42. The van der Waals surface area contributed by atoms with Gasteiger partial charge in [0, 0.05) is 25.0 Å². The van der Waals surface area contributed by atoms with Crippen LogP contribution < -0.4 is 28.4 Å². The Balaban J connectivity index is 1.62. The van der Waals surface area contributed by atoms with Crippen molar-refractivity contribution in [1.82, 2.24) is 0 Å². The fourth-order valence-electron chi connectivity index (χ4n) is 4.22. The lowest BCUT2D eigenvalue weighted by atomic mass is 9.91. The van der Waals surface area contributed by atoms with Gasteiger partial charge in [-0.1, -0.05) is 0 Å². The van der Waals surface area contributed by atoms with Gasteiger partial charge in [0.15, 0.2) is 23.0 Å². The minimum atomic E-state index is -0.687. The Morgan fingerprint density at radius 1 is 0.613 bits per heavy atom. The van der Waals surface area contributed by atoms with Crippen LogP contribution in [0.15, 0.2) is 24.3 Å². The van der Waals surface area contributed by atoms with E-state index >= 15 is 0 Å². The van der Waals surface area contributed by atoms with Gasteiger partial charge >= 0.3 is 0 Å². The summed E-state index contributed by atoms with van der Waals surface area (Å²) >= 11 is 0. The second kappa shape index (κ2) is 9.16. The Labute approximate surface area is 184 Å². The fraction of sp³-hybridized carbons (Fsp3) is 0.520. The number of rotatable bonds is 8. The molecule has 31 heavy (non-hydrogen) atoms. The summed E-state index contributed by atoms with van der Waals surface area (Å²) in [5.41, 5.74) is 2.24. The summed E-state index contributed by atoms with van der Waals surface area (Å²) in [6, 6.07) is 7.95. The van der Waals surface area contributed by atoms with Crippen LogP contribution >= 0.6 is 0 Å². The normalized spacial score (nSPS) is 15.9. The molecule has 4 rings (SSSR count). The van der Waals surface area contributed by atoms with E-state index in [1.54, 1.807) is 0 Å². The van der Waals surface area contributed by atoms with Crippen LogP contribution in [-0.2, 0) is 12.8 Å². The number of benzene rings is 2. The SMILES string of the molecule is CCOc1cc2c(cc1OCC)OC1(CC2)CCc2cc(OCC)c(OCC)cc2O1. The second-order valence-corrected chi connectivity index (χ2v) is 7.66. The molecule has 0 N–H and O–H groups in total. The molecule has 168 valence electrons. The van der Waals surface area contributed by atoms with Gasteiger partial charge in [-0.3, -0.25) is 0 Å². The van der Waals surface area contributed by atoms with Crippen molar-refractivity contribution < 1.29 is 28.4 Å². The molecule has 1 spiro atoms. The molecule has 2 heterocycles. The van der Waals surface area contributed by atoms with Crippen LogP contribution in [0.2, 0.25) is 0 Å². The van der Waals surface area contributed by atoms with Crippen LogP contribution in [0.1, 0.15) is 51.7 Å². The van der Waals surface area contributed by atoms with Crippen molar-refractivity contribution in [3.05, 3.63) is 35.4 Å². The molecule has 0 aromatic heterocycles. The van der Waals surface area contributed by atoms with Crippen LogP contribution in [0.4, 0.5) is 0 Å². The van der Waals surface area contributed by atoms with E-state index in [0.717, 1.165) is 59.8 Å². The Bertz CT molecular complexity index is 847. The van der Waals surface area contributed by atoms with Crippen LogP contribution in [0.25, 0.3) is 0 Å². The Morgan fingerprint density at radius 2 is 0.968 bits per heavy atom. The maximum atomic E-state index is 6.49. The highest BCUT2D eigenvalue weighted by atomic mass is 16.7. The Morgan fingerprint density at radius 3 is 1.32 bits per heavy atom.